The maximum absolute atomic E-state index is 12.9. The van der Waals surface area contributed by atoms with E-state index in [1.165, 1.54) is 30.6 Å². The lowest BCUT2D eigenvalue weighted by atomic mass is 10.2. The Kier molecular flexibility index (Phi) is 5.27. The van der Waals surface area contributed by atoms with Crippen LogP contribution in [0.25, 0.3) is 0 Å². The minimum absolute atomic E-state index is 0.232. The summed E-state index contributed by atoms with van der Waals surface area (Å²) in [5, 5.41) is 2.82. The van der Waals surface area contributed by atoms with Crippen molar-refractivity contribution >= 4 is 22.4 Å². The Balaban J connectivity index is 1.93. The van der Waals surface area contributed by atoms with Crippen molar-refractivity contribution in [2.24, 2.45) is 0 Å². The number of methoxy groups -OCH3 is 1. The molecule has 0 aliphatic heterocycles. The van der Waals surface area contributed by atoms with Gasteiger partial charge >= 0.3 is 5.97 Å². The van der Waals surface area contributed by atoms with Crippen LogP contribution in [0.15, 0.2) is 29.6 Å². The van der Waals surface area contributed by atoms with Gasteiger partial charge in [-0.1, -0.05) is 12.1 Å². The van der Waals surface area contributed by atoms with Gasteiger partial charge in [0.25, 0.3) is 0 Å². The SMILES string of the molecule is COC(=O)CCc1csc(N(C)Cc2ccc(F)cc2)n1. The second-order valence-electron chi connectivity index (χ2n) is 4.68. The zero-order valence-corrected chi connectivity index (χ0v) is 12.8. The summed E-state index contributed by atoms with van der Waals surface area (Å²) in [4.78, 5) is 17.6. The van der Waals surface area contributed by atoms with Crippen LogP contribution < -0.4 is 4.90 Å². The van der Waals surface area contributed by atoms with Crippen LogP contribution in [0.5, 0.6) is 0 Å². The number of nitrogens with zero attached hydrogens (tertiary/aromatic N) is 2. The van der Waals surface area contributed by atoms with Crippen LogP contribution in [-0.4, -0.2) is 25.1 Å². The third kappa shape index (κ3) is 4.53. The summed E-state index contributed by atoms with van der Waals surface area (Å²) in [6.07, 6.45) is 0.912. The van der Waals surface area contributed by atoms with Crippen molar-refractivity contribution in [2.75, 3.05) is 19.1 Å². The van der Waals surface area contributed by atoms with Gasteiger partial charge in [-0.05, 0) is 17.7 Å². The van der Waals surface area contributed by atoms with E-state index in [0.717, 1.165) is 16.4 Å². The van der Waals surface area contributed by atoms with Crippen LogP contribution in [0.2, 0.25) is 0 Å². The van der Waals surface area contributed by atoms with E-state index in [0.29, 0.717) is 19.4 Å². The molecule has 0 radical (unpaired) electrons. The maximum Gasteiger partial charge on any atom is 0.305 e. The van der Waals surface area contributed by atoms with E-state index in [9.17, 15) is 9.18 Å². The zero-order valence-electron chi connectivity index (χ0n) is 12.0. The average Bonchev–Trinajstić information content (AvgIpc) is 2.96. The molecule has 21 heavy (non-hydrogen) atoms. The monoisotopic (exact) mass is 308 g/mol. The molecule has 0 aliphatic rings. The zero-order chi connectivity index (χ0) is 15.2. The summed E-state index contributed by atoms with van der Waals surface area (Å²) in [7, 11) is 3.32. The van der Waals surface area contributed by atoms with Crippen molar-refractivity contribution in [2.45, 2.75) is 19.4 Å². The summed E-state index contributed by atoms with van der Waals surface area (Å²) in [6, 6.07) is 6.43. The van der Waals surface area contributed by atoms with E-state index in [1.54, 1.807) is 12.1 Å². The molecule has 0 saturated carbocycles. The molecule has 0 aliphatic carbocycles. The quantitative estimate of drug-likeness (QED) is 0.769. The average molecular weight is 308 g/mol. The number of rotatable bonds is 6. The predicted octanol–water partition coefficient (Wildman–Crippen LogP) is 3.02. The van der Waals surface area contributed by atoms with Gasteiger partial charge in [-0.2, -0.15) is 0 Å². The number of ether oxygens (including phenoxy) is 1. The minimum atomic E-state index is -0.235. The lowest BCUT2D eigenvalue weighted by molar-refractivity contribution is -0.140. The number of thiazole rings is 1. The van der Waals surface area contributed by atoms with Gasteiger partial charge in [0.2, 0.25) is 0 Å². The summed E-state index contributed by atoms with van der Waals surface area (Å²) < 4.78 is 17.5. The Bertz CT molecular complexity index is 598. The first-order chi connectivity index (χ1) is 10.1. The Morgan fingerprint density at radius 3 is 2.76 bits per heavy atom. The highest BCUT2D eigenvalue weighted by molar-refractivity contribution is 7.13. The Morgan fingerprint density at radius 1 is 1.38 bits per heavy atom. The van der Waals surface area contributed by atoms with Crippen LogP contribution in [0, 0.1) is 5.82 Å². The van der Waals surface area contributed by atoms with Crippen LogP contribution in [0.4, 0.5) is 9.52 Å². The van der Waals surface area contributed by atoms with Crippen molar-refractivity contribution in [3.05, 3.63) is 46.7 Å². The van der Waals surface area contributed by atoms with E-state index in [2.05, 4.69) is 9.72 Å². The molecule has 0 atom stereocenters. The van der Waals surface area contributed by atoms with E-state index in [4.69, 9.17) is 0 Å². The summed E-state index contributed by atoms with van der Waals surface area (Å²) in [6.45, 7) is 0.657. The van der Waals surface area contributed by atoms with Crippen molar-refractivity contribution in [3.63, 3.8) is 0 Å². The number of hydrogen-bond donors (Lipinski definition) is 0. The fourth-order valence-corrected chi connectivity index (χ4v) is 2.68. The molecule has 4 nitrogen and oxygen atoms in total. The van der Waals surface area contributed by atoms with Crippen molar-refractivity contribution in [3.8, 4) is 0 Å². The molecule has 1 aromatic carbocycles. The predicted molar refractivity (Wildman–Crippen MR) is 81.0 cm³/mol. The first-order valence-corrected chi connectivity index (χ1v) is 7.43. The second-order valence-corrected chi connectivity index (χ2v) is 5.52. The minimum Gasteiger partial charge on any atom is -0.469 e. The number of carbonyl (C=O) groups excluding carboxylic acids is 1. The molecule has 0 amide bonds. The molecular formula is C15H17FN2O2S. The van der Waals surface area contributed by atoms with Crippen molar-refractivity contribution < 1.29 is 13.9 Å². The van der Waals surface area contributed by atoms with Crippen LogP contribution in [-0.2, 0) is 22.5 Å². The van der Waals surface area contributed by atoms with Gasteiger partial charge < -0.3 is 9.64 Å². The molecule has 2 aromatic rings. The smallest absolute Gasteiger partial charge is 0.305 e. The Morgan fingerprint density at radius 2 is 2.10 bits per heavy atom. The Labute approximate surface area is 127 Å². The van der Waals surface area contributed by atoms with Gasteiger partial charge in [-0.3, -0.25) is 4.79 Å². The lowest BCUT2D eigenvalue weighted by Gasteiger charge is -2.15. The molecule has 0 unspecified atom stereocenters. The van der Waals surface area contributed by atoms with E-state index in [1.807, 2.05) is 17.3 Å². The standard InChI is InChI=1S/C15H17FN2O2S/c1-18(9-11-3-5-12(16)6-4-11)15-17-13(10-21-15)7-8-14(19)20-2/h3-6,10H,7-9H2,1-2H3. The largest absolute Gasteiger partial charge is 0.469 e. The molecule has 112 valence electrons. The van der Waals surface area contributed by atoms with E-state index in [-0.39, 0.29) is 11.8 Å². The van der Waals surface area contributed by atoms with Gasteiger partial charge in [-0.15, -0.1) is 11.3 Å². The maximum atomic E-state index is 12.9. The van der Waals surface area contributed by atoms with Crippen molar-refractivity contribution in [1.82, 2.24) is 4.98 Å². The first-order valence-electron chi connectivity index (χ1n) is 6.55. The van der Waals surface area contributed by atoms with Gasteiger partial charge in [0, 0.05) is 25.4 Å². The number of esters is 1. The molecule has 0 bridgehead atoms. The van der Waals surface area contributed by atoms with Gasteiger partial charge in [0.1, 0.15) is 5.82 Å². The molecule has 0 fully saturated rings. The number of anilines is 1. The van der Waals surface area contributed by atoms with Crippen LogP contribution >= 0.6 is 11.3 Å². The molecule has 2 rings (SSSR count). The first kappa shape index (κ1) is 15.4. The van der Waals surface area contributed by atoms with Crippen molar-refractivity contribution in [1.29, 1.82) is 0 Å². The highest BCUT2D eigenvalue weighted by atomic mass is 32.1. The third-order valence-corrected chi connectivity index (χ3v) is 4.02. The third-order valence-electron chi connectivity index (χ3n) is 3.01. The summed E-state index contributed by atoms with van der Waals surface area (Å²) in [5.74, 6) is -0.468. The number of halogens is 1. The van der Waals surface area contributed by atoms with Gasteiger partial charge in [0.05, 0.1) is 19.2 Å². The molecule has 6 heteroatoms. The number of hydrogen-bond acceptors (Lipinski definition) is 5. The van der Waals surface area contributed by atoms with Gasteiger partial charge in [0.15, 0.2) is 5.13 Å². The topological polar surface area (TPSA) is 42.4 Å². The second kappa shape index (κ2) is 7.17. The number of aryl methyl sites for hydroxylation is 1. The number of carbonyl (C=O) groups is 1. The fraction of sp³-hybridized carbons (Fsp3) is 0.333. The normalized spacial score (nSPS) is 10.4. The van der Waals surface area contributed by atoms with E-state index >= 15 is 0 Å². The molecule has 1 heterocycles. The number of aromatic nitrogens is 1. The molecular weight excluding hydrogens is 291 g/mol. The van der Waals surface area contributed by atoms with E-state index < -0.39 is 0 Å². The van der Waals surface area contributed by atoms with Gasteiger partial charge in [-0.25, -0.2) is 9.37 Å². The highest BCUT2D eigenvalue weighted by Gasteiger charge is 2.09. The molecule has 0 N–H and O–H groups in total. The van der Waals surface area contributed by atoms with Crippen LogP contribution in [0.3, 0.4) is 0 Å². The fourth-order valence-electron chi connectivity index (χ4n) is 1.85. The molecule has 0 saturated heterocycles. The highest BCUT2D eigenvalue weighted by Crippen LogP contribution is 2.22. The van der Waals surface area contributed by atoms with Crippen LogP contribution in [0.1, 0.15) is 17.7 Å². The molecule has 1 aromatic heterocycles. The Hall–Kier alpha value is -1.95. The number of benzene rings is 1. The summed E-state index contributed by atoms with van der Waals surface area (Å²) in [5.41, 5.74) is 1.90. The molecule has 0 spiro atoms. The lowest BCUT2D eigenvalue weighted by Crippen LogP contribution is -2.16. The summed E-state index contributed by atoms with van der Waals surface area (Å²) >= 11 is 1.53.